The predicted molar refractivity (Wildman–Crippen MR) is 66.1 cm³/mol. The number of hydrogen-bond acceptors (Lipinski definition) is 4. The summed E-state index contributed by atoms with van der Waals surface area (Å²) in [6.07, 6.45) is 0. The largest absolute Gasteiger partial charge is 0.380 e. The van der Waals surface area contributed by atoms with E-state index >= 15 is 0 Å². The summed E-state index contributed by atoms with van der Waals surface area (Å²) in [6, 6.07) is 0.161. The Morgan fingerprint density at radius 3 is 2.56 bits per heavy atom. The molecule has 1 rings (SSSR count). The SMILES string of the molecule is CCOCC(C)Nc1nc(C)c(C)nc1Cl. The molecule has 0 aliphatic carbocycles. The lowest BCUT2D eigenvalue weighted by molar-refractivity contribution is 0.141. The van der Waals surface area contributed by atoms with Crippen LogP contribution in [0.5, 0.6) is 0 Å². The summed E-state index contributed by atoms with van der Waals surface area (Å²) in [4.78, 5) is 8.57. The van der Waals surface area contributed by atoms with E-state index in [0.717, 1.165) is 11.4 Å². The molecule has 1 heterocycles. The summed E-state index contributed by atoms with van der Waals surface area (Å²) in [7, 11) is 0. The molecule has 0 radical (unpaired) electrons. The van der Waals surface area contributed by atoms with Crippen LogP contribution in [-0.2, 0) is 4.74 Å². The average molecular weight is 244 g/mol. The van der Waals surface area contributed by atoms with E-state index in [4.69, 9.17) is 16.3 Å². The Kier molecular flexibility index (Phi) is 4.96. The molecule has 1 aromatic rings. The van der Waals surface area contributed by atoms with Crippen molar-refractivity contribution in [1.82, 2.24) is 9.97 Å². The fourth-order valence-electron chi connectivity index (χ4n) is 1.24. The van der Waals surface area contributed by atoms with Gasteiger partial charge in [-0.3, -0.25) is 0 Å². The molecule has 0 bridgehead atoms. The number of ether oxygens (including phenoxy) is 1. The minimum absolute atomic E-state index is 0.161. The van der Waals surface area contributed by atoms with Crippen LogP contribution >= 0.6 is 11.6 Å². The summed E-state index contributed by atoms with van der Waals surface area (Å²) < 4.78 is 5.31. The molecule has 5 heteroatoms. The zero-order valence-electron chi connectivity index (χ0n) is 10.2. The molecule has 1 aromatic heterocycles. The molecule has 1 N–H and O–H groups in total. The summed E-state index contributed by atoms with van der Waals surface area (Å²) >= 11 is 6.00. The fraction of sp³-hybridized carbons (Fsp3) is 0.636. The number of halogens is 1. The Morgan fingerprint density at radius 1 is 1.31 bits per heavy atom. The van der Waals surface area contributed by atoms with Gasteiger partial charge in [-0.2, -0.15) is 0 Å². The minimum atomic E-state index is 0.161. The maximum atomic E-state index is 6.00. The predicted octanol–water partition coefficient (Wildman–Crippen LogP) is 2.58. The van der Waals surface area contributed by atoms with E-state index in [9.17, 15) is 0 Å². The van der Waals surface area contributed by atoms with Crippen LogP contribution in [0.4, 0.5) is 5.82 Å². The van der Waals surface area contributed by atoms with Crippen LogP contribution < -0.4 is 5.32 Å². The van der Waals surface area contributed by atoms with Crippen LogP contribution in [0.15, 0.2) is 0 Å². The molecule has 0 saturated carbocycles. The number of aromatic nitrogens is 2. The summed E-state index contributed by atoms with van der Waals surface area (Å²) in [5.74, 6) is 0.622. The summed E-state index contributed by atoms with van der Waals surface area (Å²) in [5, 5.41) is 3.59. The first kappa shape index (κ1) is 13.2. The molecule has 0 amide bonds. The van der Waals surface area contributed by atoms with E-state index < -0.39 is 0 Å². The quantitative estimate of drug-likeness (QED) is 0.864. The molecule has 0 saturated heterocycles. The Morgan fingerprint density at radius 2 is 1.94 bits per heavy atom. The Balaban J connectivity index is 2.69. The topological polar surface area (TPSA) is 47.0 Å². The molecule has 90 valence electrons. The molecule has 4 nitrogen and oxygen atoms in total. The van der Waals surface area contributed by atoms with Crippen LogP contribution in [0.3, 0.4) is 0 Å². The van der Waals surface area contributed by atoms with E-state index in [1.54, 1.807) is 0 Å². The highest BCUT2D eigenvalue weighted by Crippen LogP contribution is 2.19. The number of rotatable bonds is 5. The second kappa shape index (κ2) is 6.01. The first-order chi connectivity index (χ1) is 7.54. The molecule has 0 aliphatic heterocycles. The van der Waals surface area contributed by atoms with Gasteiger partial charge < -0.3 is 10.1 Å². The number of hydrogen-bond donors (Lipinski definition) is 1. The van der Waals surface area contributed by atoms with Crippen molar-refractivity contribution >= 4 is 17.4 Å². The van der Waals surface area contributed by atoms with Gasteiger partial charge in [0.05, 0.1) is 18.0 Å². The van der Waals surface area contributed by atoms with Crippen LogP contribution in [0.1, 0.15) is 25.2 Å². The highest BCUT2D eigenvalue weighted by atomic mass is 35.5. The van der Waals surface area contributed by atoms with Crippen molar-refractivity contribution in [1.29, 1.82) is 0 Å². The third-order valence-corrected chi connectivity index (χ3v) is 2.48. The fourth-order valence-corrected chi connectivity index (χ4v) is 1.46. The third kappa shape index (κ3) is 3.61. The van der Waals surface area contributed by atoms with Gasteiger partial charge in [0.15, 0.2) is 11.0 Å². The molecule has 0 aliphatic rings. The normalized spacial score (nSPS) is 12.6. The van der Waals surface area contributed by atoms with Crippen molar-refractivity contribution in [3.63, 3.8) is 0 Å². The minimum Gasteiger partial charge on any atom is -0.380 e. The van der Waals surface area contributed by atoms with Gasteiger partial charge in [-0.25, -0.2) is 9.97 Å². The monoisotopic (exact) mass is 243 g/mol. The maximum absolute atomic E-state index is 6.00. The molecule has 0 spiro atoms. The second-order valence-corrected chi connectivity index (χ2v) is 4.10. The van der Waals surface area contributed by atoms with Gasteiger partial charge >= 0.3 is 0 Å². The number of nitrogens with zero attached hydrogens (tertiary/aromatic N) is 2. The van der Waals surface area contributed by atoms with Crippen molar-refractivity contribution in [3.05, 3.63) is 16.5 Å². The van der Waals surface area contributed by atoms with E-state index in [2.05, 4.69) is 15.3 Å². The van der Waals surface area contributed by atoms with Crippen LogP contribution in [0.25, 0.3) is 0 Å². The lowest BCUT2D eigenvalue weighted by atomic mass is 10.3. The summed E-state index contributed by atoms with van der Waals surface area (Å²) in [6.45, 7) is 9.12. The van der Waals surface area contributed by atoms with Gasteiger partial charge in [0.1, 0.15) is 0 Å². The van der Waals surface area contributed by atoms with Crippen molar-refractivity contribution in [2.75, 3.05) is 18.5 Å². The zero-order chi connectivity index (χ0) is 12.1. The van der Waals surface area contributed by atoms with E-state index in [1.165, 1.54) is 0 Å². The number of nitrogens with one attached hydrogen (secondary N) is 1. The second-order valence-electron chi connectivity index (χ2n) is 3.74. The molecule has 0 aromatic carbocycles. The zero-order valence-corrected chi connectivity index (χ0v) is 10.9. The molecular formula is C11H18ClN3O. The first-order valence-corrected chi connectivity index (χ1v) is 5.77. The average Bonchev–Trinajstić information content (AvgIpc) is 2.23. The van der Waals surface area contributed by atoms with Crippen LogP contribution in [0.2, 0.25) is 5.15 Å². The van der Waals surface area contributed by atoms with Gasteiger partial charge in [-0.05, 0) is 27.7 Å². The lowest BCUT2D eigenvalue weighted by Crippen LogP contribution is -2.23. The van der Waals surface area contributed by atoms with E-state index in [-0.39, 0.29) is 6.04 Å². The van der Waals surface area contributed by atoms with Gasteiger partial charge in [-0.1, -0.05) is 11.6 Å². The number of aryl methyl sites for hydroxylation is 2. The van der Waals surface area contributed by atoms with Crippen molar-refractivity contribution in [2.24, 2.45) is 0 Å². The summed E-state index contributed by atoms with van der Waals surface area (Å²) in [5.41, 5.74) is 1.74. The Hall–Kier alpha value is -0.870. The van der Waals surface area contributed by atoms with Crippen molar-refractivity contribution in [2.45, 2.75) is 33.7 Å². The standard InChI is InChI=1S/C11H18ClN3O/c1-5-16-6-7(2)13-11-10(12)14-8(3)9(4)15-11/h7H,5-6H2,1-4H3,(H,13,15). The first-order valence-electron chi connectivity index (χ1n) is 5.39. The smallest absolute Gasteiger partial charge is 0.171 e. The van der Waals surface area contributed by atoms with Crippen molar-refractivity contribution < 1.29 is 4.74 Å². The highest BCUT2D eigenvalue weighted by molar-refractivity contribution is 6.31. The van der Waals surface area contributed by atoms with Gasteiger partial charge in [0.25, 0.3) is 0 Å². The molecular weight excluding hydrogens is 226 g/mol. The molecule has 1 atom stereocenters. The van der Waals surface area contributed by atoms with Gasteiger partial charge in [0.2, 0.25) is 0 Å². The molecule has 0 fully saturated rings. The van der Waals surface area contributed by atoms with E-state index in [1.807, 2.05) is 27.7 Å². The molecule has 1 unspecified atom stereocenters. The van der Waals surface area contributed by atoms with E-state index in [0.29, 0.717) is 24.2 Å². The lowest BCUT2D eigenvalue weighted by Gasteiger charge is -2.15. The Labute approximate surface area is 101 Å². The number of anilines is 1. The third-order valence-electron chi connectivity index (χ3n) is 2.22. The maximum Gasteiger partial charge on any atom is 0.171 e. The Bertz CT molecular complexity index is 357. The van der Waals surface area contributed by atoms with Gasteiger partial charge in [0, 0.05) is 12.6 Å². The van der Waals surface area contributed by atoms with Gasteiger partial charge in [-0.15, -0.1) is 0 Å². The highest BCUT2D eigenvalue weighted by Gasteiger charge is 2.09. The van der Waals surface area contributed by atoms with Crippen molar-refractivity contribution in [3.8, 4) is 0 Å². The van der Waals surface area contributed by atoms with Crippen LogP contribution in [-0.4, -0.2) is 29.2 Å². The molecule has 16 heavy (non-hydrogen) atoms. The van der Waals surface area contributed by atoms with Crippen LogP contribution in [0, 0.1) is 13.8 Å².